The molecule has 39 heavy (non-hydrogen) atoms. The van der Waals surface area contributed by atoms with E-state index in [4.69, 9.17) is 16.2 Å². The molecule has 0 bridgehead atoms. The second kappa shape index (κ2) is 8.87. The number of aromatic nitrogens is 3. The lowest BCUT2D eigenvalue weighted by Gasteiger charge is -2.23. The van der Waals surface area contributed by atoms with Gasteiger partial charge in [-0.05, 0) is 78.8 Å². The van der Waals surface area contributed by atoms with Gasteiger partial charge >= 0.3 is 0 Å². The SMILES string of the molecule is Cc1c(-c2nc(N)nc3[nH]c(-c4ccc(N)cc4)cc23)cccc1N1CCOc2cc(C3CC3)ccc2C1=O. The lowest BCUT2D eigenvalue weighted by molar-refractivity contribution is 0.0989. The average Bonchev–Trinajstić information content (AvgIpc) is 3.72. The number of anilines is 3. The Balaban J connectivity index is 1.30. The van der Waals surface area contributed by atoms with Crippen LogP contribution in [0.1, 0.15) is 40.2 Å². The molecule has 1 saturated carbocycles. The molecule has 0 unspecified atom stereocenters. The first-order chi connectivity index (χ1) is 19.0. The van der Waals surface area contributed by atoms with Gasteiger partial charge in [0.05, 0.1) is 17.8 Å². The van der Waals surface area contributed by atoms with E-state index in [-0.39, 0.29) is 11.9 Å². The second-order valence-corrected chi connectivity index (χ2v) is 10.3. The van der Waals surface area contributed by atoms with E-state index < -0.39 is 0 Å². The quantitative estimate of drug-likeness (QED) is 0.264. The molecule has 1 aliphatic heterocycles. The number of nitrogens with two attached hydrogens (primary N) is 2. The van der Waals surface area contributed by atoms with E-state index in [2.05, 4.69) is 21.0 Å². The minimum atomic E-state index is -0.0651. The number of rotatable bonds is 4. The lowest BCUT2D eigenvalue weighted by atomic mass is 10.00. The van der Waals surface area contributed by atoms with Crippen LogP contribution in [0.15, 0.2) is 66.7 Å². The Labute approximate surface area is 225 Å². The van der Waals surface area contributed by atoms with Gasteiger partial charge in [-0.15, -0.1) is 0 Å². The normalized spacial score (nSPS) is 15.2. The summed E-state index contributed by atoms with van der Waals surface area (Å²) in [5, 5.41) is 0.847. The third-order valence-corrected chi connectivity index (χ3v) is 7.68. The van der Waals surface area contributed by atoms with Gasteiger partial charge in [0.2, 0.25) is 5.95 Å². The highest BCUT2D eigenvalue weighted by Gasteiger charge is 2.30. The van der Waals surface area contributed by atoms with E-state index >= 15 is 0 Å². The van der Waals surface area contributed by atoms with Gasteiger partial charge in [-0.1, -0.05) is 30.3 Å². The Kier molecular flexibility index (Phi) is 5.30. The van der Waals surface area contributed by atoms with Crippen LogP contribution >= 0.6 is 0 Å². The van der Waals surface area contributed by atoms with Gasteiger partial charge in [0, 0.05) is 28.0 Å². The summed E-state index contributed by atoms with van der Waals surface area (Å²) in [5.41, 5.74) is 20.4. The smallest absolute Gasteiger partial charge is 0.262 e. The van der Waals surface area contributed by atoms with E-state index in [0.29, 0.717) is 47.4 Å². The van der Waals surface area contributed by atoms with Crippen molar-refractivity contribution in [3.8, 4) is 28.3 Å². The van der Waals surface area contributed by atoms with Crippen LogP contribution in [0.4, 0.5) is 17.3 Å². The number of hydrogen-bond acceptors (Lipinski definition) is 6. The lowest BCUT2D eigenvalue weighted by Crippen LogP contribution is -2.33. The highest BCUT2D eigenvalue weighted by atomic mass is 16.5. The number of hydrogen-bond donors (Lipinski definition) is 3. The van der Waals surface area contributed by atoms with Crippen molar-refractivity contribution in [1.29, 1.82) is 0 Å². The van der Waals surface area contributed by atoms with E-state index in [9.17, 15) is 4.79 Å². The van der Waals surface area contributed by atoms with Crippen LogP contribution in [0.25, 0.3) is 33.5 Å². The maximum Gasteiger partial charge on any atom is 0.262 e. The Morgan fingerprint density at radius 1 is 0.974 bits per heavy atom. The summed E-state index contributed by atoms with van der Waals surface area (Å²) in [4.78, 5) is 28.0. The molecule has 5 aromatic rings. The standard InChI is InChI=1S/C31H28N6O2/c1-17-22(28-24-16-25(19-7-10-21(32)11-8-19)34-29(24)36-31(33)35-28)3-2-4-26(17)37-13-14-39-27-15-20(18-5-6-18)9-12-23(27)30(37)38/h2-4,7-12,15-16,18H,5-6,13-14,32H2,1H3,(H3,33,34,35,36). The molecule has 3 aromatic carbocycles. The van der Waals surface area contributed by atoms with Crippen molar-refractivity contribution in [2.45, 2.75) is 25.7 Å². The fourth-order valence-electron chi connectivity index (χ4n) is 5.45. The first-order valence-corrected chi connectivity index (χ1v) is 13.2. The molecule has 7 rings (SSSR count). The number of H-pyrrole nitrogens is 1. The van der Waals surface area contributed by atoms with E-state index in [1.54, 1.807) is 4.90 Å². The number of fused-ring (bicyclic) bond motifs is 2. The Bertz CT molecular complexity index is 1750. The fraction of sp³-hybridized carbons (Fsp3) is 0.194. The number of benzene rings is 3. The molecule has 1 amide bonds. The van der Waals surface area contributed by atoms with Crippen molar-refractivity contribution in [2.24, 2.45) is 0 Å². The summed E-state index contributed by atoms with van der Waals surface area (Å²) >= 11 is 0. The van der Waals surface area contributed by atoms with Gasteiger partial charge in [0.1, 0.15) is 18.0 Å². The first kappa shape index (κ1) is 23.3. The highest BCUT2D eigenvalue weighted by Crippen LogP contribution is 2.42. The van der Waals surface area contributed by atoms with E-state index in [0.717, 1.165) is 33.5 Å². The molecule has 8 heteroatoms. The molecule has 0 spiro atoms. The fourth-order valence-corrected chi connectivity index (χ4v) is 5.45. The number of aromatic amines is 1. The highest BCUT2D eigenvalue weighted by molar-refractivity contribution is 6.09. The summed E-state index contributed by atoms with van der Waals surface area (Å²) in [6.07, 6.45) is 2.41. The summed E-state index contributed by atoms with van der Waals surface area (Å²) in [7, 11) is 0. The third kappa shape index (κ3) is 4.05. The van der Waals surface area contributed by atoms with Crippen molar-refractivity contribution in [2.75, 3.05) is 29.5 Å². The molecule has 2 aromatic heterocycles. The monoisotopic (exact) mass is 516 g/mol. The summed E-state index contributed by atoms with van der Waals surface area (Å²) in [6.45, 7) is 2.88. The Morgan fingerprint density at radius 2 is 1.79 bits per heavy atom. The molecule has 0 saturated heterocycles. The number of ether oxygens (including phenoxy) is 1. The molecule has 0 radical (unpaired) electrons. The number of carbonyl (C=O) groups is 1. The minimum Gasteiger partial charge on any atom is -0.491 e. The van der Waals surface area contributed by atoms with Crippen molar-refractivity contribution in [1.82, 2.24) is 15.0 Å². The second-order valence-electron chi connectivity index (χ2n) is 10.3. The van der Waals surface area contributed by atoms with Crippen LogP contribution in [0, 0.1) is 6.92 Å². The van der Waals surface area contributed by atoms with Gasteiger partial charge < -0.3 is 26.1 Å². The number of nitrogen functional groups attached to an aromatic ring is 2. The summed E-state index contributed by atoms with van der Waals surface area (Å²) < 4.78 is 6.06. The summed E-state index contributed by atoms with van der Waals surface area (Å²) in [6, 6.07) is 21.6. The Hall–Kier alpha value is -4.85. The Morgan fingerprint density at radius 3 is 2.59 bits per heavy atom. The third-order valence-electron chi connectivity index (χ3n) is 7.68. The number of nitrogens with zero attached hydrogens (tertiary/aromatic N) is 3. The van der Waals surface area contributed by atoms with Gasteiger partial charge in [-0.25, -0.2) is 4.98 Å². The zero-order valence-corrected chi connectivity index (χ0v) is 21.6. The predicted molar refractivity (Wildman–Crippen MR) is 154 cm³/mol. The van der Waals surface area contributed by atoms with Crippen LogP contribution in [-0.2, 0) is 0 Å². The van der Waals surface area contributed by atoms with Crippen molar-refractivity contribution < 1.29 is 9.53 Å². The molecular weight excluding hydrogens is 488 g/mol. The first-order valence-electron chi connectivity index (χ1n) is 13.2. The van der Waals surface area contributed by atoms with Gasteiger partial charge in [0.25, 0.3) is 5.91 Å². The van der Waals surface area contributed by atoms with Gasteiger partial charge in [-0.3, -0.25) is 4.79 Å². The van der Waals surface area contributed by atoms with Crippen LogP contribution in [0.5, 0.6) is 5.75 Å². The predicted octanol–water partition coefficient (Wildman–Crippen LogP) is 5.68. The number of carbonyl (C=O) groups excluding carboxylic acids is 1. The average molecular weight is 517 g/mol. The number of amides is 1. The zero-order chi connectivity index (χ0) is 26.7. The number of nitrogens with one attached hydrogen (secondary N) is 1. The van der Waals surface area contributed by atoms with Gasteiger partial charge in [-0.2, -0.15) is 4.98 Å². The topological polar surface area (TPSA) is 123 Å². The van der Waals surface area contributed by atoms with Crippen LogP contribution in [0.2, 0.25) is 0 Å². The molecule has 1 aliphatic carbocycles. The van der Waals surface area contributed by atoms with Gasteiger partial charge in [0.15, 0.2) is 0 Å². The molecule has 8 nitrogen and oxygen atoms in total. The van der Waals surface area contributed by atoms with Crippen LogP contribution in [0.3, 0.4) is 0 Å². The minimum absolute atomic E-state index is 0.0651. The molecule has 0 atom stereocenters. The van der Waals surface area contributed by atoms with Crippen molar-refractivity contribution >= 4 is 34.3 Å². The molecule has 5 N–H and O–H groups in total. The summed E-state index contributed by atoms with van der Waals surface area (Å²) in [5.74, 6) is 1.38. The maximum absolute atomic E-state index is 13.8. The van der Waals surface area contributed by atoms with Crippen molar-refractivity contribution in [3.05, 3.63) is 83.4 Å². The molecule has 1 fully saturated rings. The zero-order valence-electron chi connectivity index (χ0n) is 21.6. The largest absolute Gasteiger partial charge is 0.491 e. The van der Waals surface area contributed by atoms with Crippen molar-refractivity contribution in [3.63, 3.8) is 0 Å². The van der Waals surface area contributed by atoms with Crippen LogP contribution in [-0.4, -0.2) is 34.0 Å². The molecule has 2 aliphatic rings. The van der Waals surface area contributed by atoms with E-state index in [1.807, 2.05) is 67.6 Å². The molecule has 3 heterocycles. The maximum atomic E-state index is 13.8. The van der Waals surface area contributed by atoms with Crippen LogP contribution < -0.4 is 21.1 Å². The van der Waals surface area contributed by atoms with E-state index in [1.165, 1.54) is 18.4 Å². The molecular formula is C31H28N6O2. The molecule has 194 valence electrons.